The first-order chi connectivity index (χ1) is 9.49. The lowest BCUT2D eigenvalue weighted by atomic mass is 10.0. The van der Waals surface area contributed by atoms with Gasteiger partial charge in [-0.2, -0.15) is 0 Å². The molecule has 0 radical (unpaired) electrons. The highest BCUT2D eigenvalue weighted by atomic mass is 31.2. The van der Waals surface area contributed by atoms with Gasteiger partial charge in [0, 0.05) is 5.30 Å². The summed E-state index contributed by atoms with van der Waals surface area (Å²) in [6.07, 6.45) is 0. The van der Waals surface area contributed by atoms with Crippen LogP contribution in [-0.4, -0.2) is 10.9 Å². The summed E-state index contributed by atoms with van der Waals surface area (Å²) in [6, 6.07) is 12.8. The van der Waals surface area contributed by atoms with Crippen LogP contribution in [-0.2, 0) is 4.52 Å². The SMILES string of the molecule is Cc1cc(C)c(C(=O)OP(O)c2ccccc2)c(C)c1. The summed E-state index contributed by atoms with van der Waals surface area (Å²) in [6.45, 7) is 5.73. The maximum Gasteiger partial charge on any atom is 0.343 e. The van der Waals surface area contributed by atoms with Gasteiger partial charge in [-0.1, -0.05) is 35.9 Å². The van der Waals surface area contributed by atoms with E-state index in [0.29, 0.717) is 10.9 Å². The molecule has 0 aliphatic rings. The largest absolute Gasteiger partial charge is 0.409 e. The second kappa shape index (κ2) is 6.17. The molecule has 0 saturated carbocycles. The number of hydrogen-bond donors (Lipinski definition) is 1. The zero-order valence-corrected chi connectivity index (χ0v) is 12.6. The molecule has 1 atom stereocenters. The molecule has 0 aliphatic heterocycles. The second-order valence-corrected chi connectivity index (χ2v) is 6.01. The van der Waals surface area contributed by atoms with Crippen LogP contribution < -0.4 is 5.30 Å². The number of hydrogen-bond acceptors (Lipinski definition) is 3. The van der Waals surface area contributed by atoms with Crippen LogP contribution in [0.1, 0.15) is 27.0 Å². The summed E-state index contributed by atoms with van der Waals surface area (Å²) in [4.78, 5) is 22.2. The summed E-state index contributed by atoms with van der Waals surface area (Å²) in [5.74, 6) is -0.475. The van der Waals surface area contributed by atoms with E-state index in [1.54, 1.807) is 24.3 Å². The van der Waals surface area contributed by atoms with Gasteiger partial charge in [0.05, 0.1) is 5.56 Å². The third kappa shape index (κ3) is 3.24. The van der Waals surface area contributed by atoms with Crippen LogP contribution in [0.3, 0.4) is 0 Å². The van der Waals surface area contributed by atoms with Gasteiger partial charge in [0.1, 0.15) is 0 Å². The predicted octanol–water partition coefficient (Wildman–Crippen LogP) is 3.40. The van der Waals surface area contributed by atoms with Crippen molar-refractivity contribution < 1.29 is 14.2 Å². The van der Waals surface area contributed by atoms with E-state index in [0.717, 1.165) is 16.7 Å². The van der Waals surface area contributed by atoms with Crippen LogP contribution in [0.15, 0.2) is 42.5 Å². The third-order valence-electron chi connectivity index (χ3n) is 3.03. The lowest BCUT2D eigenvalue weighted by Gasteiger charge is -2.14. The van der Waals surface area contributed by atoms with E-state index in [4.69, 9.17) is 4.52 Å². The number of aryl methyl sites for hydroxylation is 3. The fourth-order valence-electron chi connectivity index (χ4n) is 2.23. The van der Waals surface area contributed by atoms with E-state index in [-0.39, 0.29) is 0 Å². The smallest absolute Gasteiger partial charge is 0.343 e. The van der Waals surface area contributed by atoms with Crippen molar-refractivity contribution >= 4 is 19.6 Å². The maximum atomic E-state index is 12.2. The van der Waals surface area contributed by atoms with Gasteiger partial charge >= 0.3 is 5.97 Å². The molecule has 1 N–H and O–H groups in total. The Morgan fingerprint density at radius 2 is 1.60 bits per heavy atom. The van der Waals surface area contributed by atoms with Crippen LogP contribution in [0.4, 0.5) is 0 Å². The molecule has 1 unspecified atom stereocenters. The Morgan fingerprint density at radius 1 is 1.05 bits per heavy atom. The Hall–Kier alpha value is -1.70. The number of carbonyl (C=O) groups excluding carboxylic acids is 1. The average molecular weight is 288 g/mol. The van der Waals surface area contributed by atoms with Gasteiger partial charge in [0.15, 0.2) is 0 Å². The Bertz CT molecular complexity index is 600. The van der Waals surface area contributed by atoms with Crippen LogP contribution in [0.25, 0.3) is 0 Å². The zero-order valence-electron chi connectivity index (χ0n) is 11.8. The maximum absolute atomic E-state index is 12.2. The summed E-state index contributed by atoms with van der Waals surface area (Å²) in [7, 11) is -1.92. The molecule has 0 spiro atoms. The molecule has 4 heteroatoms. The molecule has 0 fully saturated rings. The van der Waals surface area contributed by atoms with Crippen molar-refractivity contribution in [2.45, 2.75) is 20.8 Å². The topological polar surface area (TPSA) is 46.5 Å². The second-order valence-electron chi connectivity index (χ2n) is 4.76. The molecule has 0 aromatic heterocycles. The van der Waals surface area contributed by atoms with E-state index < -0.39 is 14.3 Å². The minimum absolute atomic E-state index is 0.475. The first-order valence-corrected chi connectivity index (χ1v) is 7.54. The minimum Gasteiger partial charge on any atom is -0.409 e. The van der Waals surface area contributed by atoms with Crippen LogP contribution in [0.2, 0.25) is 0 Å². The normalized spacial score (nSPS) is 12.0. The molecule has 104 valence electrons. The molecule has 0 bridgehead atoms. The Balaban J connectivity index is 2.21. The quantitative estimate of drug-likeness (QED) is 0.880. The van der Waals surface area contributed by atoms with Crippen molar-refractivity contribution in [1.82, 2.24) is 0 Å². The molecule has 20 heavy (non-hydrogen) atoms. The van der Waals surface area contributed by atoms with Crippen molar-refractivity contribution in [2.24, 2.45) is 0 Å². The van der Waals surface area contributed by atoms with Gasteiger partial charge in [-0.3, -0.25) is 0 Å². The molecule has 0 heterocycles. The Kier molecular flexibility index (Phi) is 4.53. The lowest BCUT2D eigenvalue weighted by Crippen LogP contribution is -2.11. The molecular formula is C16H17O3P. The summed E-state index contributed by atoms with van der Waals surface area (Å²) >= 11 is 0. The van der Waals surface area contributed by atoms with Crippen molar-refractivity contribution in [3.05, 3.63) is 64.7 Å². The first-order valence-electron chi connectivity index (χ1n) is 6.33. The van der Waals surface area contributed by atoms with Gasteiger partial charge < -0.3 is 9.42 Å². The van der Waals surface area contributed by atoms with E-state index in [9.17, 15) is 9.69 Å². The van der Waals surface area contributed by atoms with E-state index in [2.05, 4.69) is 0 Å². The molecule has 0 amide bonds. The molecule has 2 rings (SSSR count). The minimum atomic E-state index is -1.92. The fraction of sp³-hybridized carbons (Fsp3) is 0.188. The summed E-state index contributed by atoms with van der Waals surface area (Å²) in [5, 5.41) is 0.623. The van der Waals surface area contributed by atoms with Crippen LogP contribution in [0, 0.1) is 20.8 Å². The van der Waals surface area contributed by atoms with Gasteiger partial charge in [-0.25, -0.2) is 4.79 Å². The van der Waals surface area contributed by atoms with Crippen molar-refractivity contribution in [2.75, 3.05) is 0 Å². The average Bonchev–Trinajstić information content (AvgIpc) is 2.38. The lowest BCUT2D eigenvalue weighted by molar-refractivity contribution is 0.0741. The van der Waals surface area contributed by atoms with Gasteiger partial charge in [-0.15, -0.1) is 0 Å². The van der Waals surface area contributed by atoms with Crippen LogP contribution >= 0.6 is 8.38 Å². The Labute approximate surface area is 120 Å². The van der Waals surface area contributed by atoms with Crippen molar-refractivity contribution in [3.63, 3.8) is 0 Å². The highest BCUT2D eigenvalue weighted by molar-refractivity contribution is 7.55. The number of carbonyl (C=O) groups is 1. The number of benzene rings is 2. The van der Waals surface area contributed by atoms with E-state index >= 15 is 0 Å². The van der Waals surface area contributed by atoms with Gasteiger partial charge in [0.25, 0.3) is 8.38 Å². The Morgan fingerprint density at radius 3 is 2.15 bits per heavy atom. The van der Waals surface area contributed by atoms with Crippen LogP contribution in [0.5, 0.6) is 0 Å². The summed E-state index contributed by atoms with van der Waals surface area (Å²) in [5.41, 5.74) is 3.37. The third-order valence-corrected chi connectivity index (χ3v) is 4.11. The number of rotatable bonds is 3. The summed E-state index contributed by atoms with van der Waals surface area (Å²) < 4.78 is 5.21. The van der Waals surface area contributed by atoms with Crippen molar-refractivity contribution in [1.29, 1.82) is 0 Å². The van der Waals surface area contributed by atoms with Gasteiger partial charge in [-0.05, 0) is 44.0 Å². The molecular weight excluding hydrogens is 271 g/mol. The highest BCUT2D eigenvalue weighted by Crippen LogP contribution is 2.32. The standard InChI is InChI=1S/C16H17O3P/c1-11-9-12(2)15(13(3)10-11)16(17)19-20(18)14-7-5-4-6-8-14/h4-10,18H,1-3H3. The monoisotopic (exact) mass is 288 g/mol. The zero-order chi connectivity index (χ0) is 14.7. The molecule has 2 aromatic carbocycles. The fourth-order valence-corrected chi connectivity index (χ4v) is 3.02. The molecule has 2 aromatic rings. The highest BCUT2D eigenvalue weighted by Gasteiger charge is 2.19. The molecule has 3 nitrogen and oxygen atoms in total. The van der Waals surface area contributed by atoms with Gasteiger partial charge in [0.2, 0.25) is 0 Å². The molecule has 0 aliphatic carbocycles. The first kappa shape index (κ1) is 14.7. The van der Waals surface area contributed by atoms with E-state index in [1.165, 1.54) is 0 Å². The van der Waals surface area contributed by atoms with Crippen molar-refractivity contribution in [3.8, 4) is 0 Å². The van der Waals surface area contributed by atoms with E-state index in [1.807, 2.05) is 39.0 Å². The molecule has 0 saturated heterocycles. The predicted molar refractivity (Wildman–Crippen MR) is 81.3 cm³/mol.